The predicted octanol–water partition coefficient (Wildman–Crippen LogP) is 3.93. The first-order valence-corrected chi connectivity index (χ1v) is 12.3. The highest BCUT2D eigenvalue weighted by Crippen LogP contribution is 2.41. The molecule has 1 aliphatic heterocycles. The van der Waals surface area contributed by atoms with Gasteiger partial charge in [0.05, 0.1) is 25.2 Å². The Balaban J connectivity index is 2.06. The van der Waals surface area contributed by atoms with E-state index in [1.165, 1.54) is 5.56 Å². The van der Waals surface area contributed by atoms with E-state index >= 15 is 0 Å². The Bertz CT molecular complexity index is 1000. The van der Waals surface area contributed by atoms with Crippen molar-refractivity contribution in [3.63, 3.8) is 0 Å². The molecule has 2 aromatic rings. The van der Waals surface area contributed by atoms with Crippen LogP contribution in [0.2, 0.25) is 0 Å². The molecule has 0 fully saturated rings. The summed E-state index contributed by atoms with van der Waals surface area (Å²) in [6, 6.07) is 10.6. The number of hydrogen-bond donors (Lipinski definition) is 1. The van der Waals surface area contributed by atoms with Crippen LogP contribution in [0.25, 0.3) is 0 Å². The number of sulfonamides is 1. The third kappa shape index (κ3) is 4.89. The van der Waals surface area contributed by atoms with Crippen molar-refractivity contribution in [1.82, 2.24) is 9.62 Å². The van der Waals surface area contributed by atoms with E-state index in [2.05, 4.69) is 30.4 Å². The quantitative estimate of drug-likeness (QED) is 0.665. The van der Waals surface area contributed by atoms with Crippen molar-refractivity contribution in [2.45, 2.75) is 51.1 Å². The summed E-state index contributed by atoms with van der Waals surface area (Å²) in [7, 11) is -0.407. The number of nitrogens with zero attached hydrogens (tertiary/aromatic N) is 1. The number of ether oxygens (including phenoxy) is 2. The van der Waals surface area contributed by atoms with Crippen LogP contribution in [0.15, 0.2) is 41.3 Å². The smallest absolute Gasteiger partial charge is 0.240 e. The molecule has 170 valence electrons. The summed E-state index contributed by atoms with van der Waals surface area (Å²) in [5.74, 6) is 1.44. The van der Waals surface area contributed by atoms with Crippen LogP contribution in [0.3, 0.4) is 0 Å². The first kappa shape index (κ1) is 23.6. The molecule has 1 heterocycles. The summed E-state index contributed by atoms with van der Waals surface area (Å²) < 4.78 is 40.6. The number of aryl methyl sites for hydroxylation is 1. The lowest BCUT2D eigenvalue weighted by molar-refractivity contribution is 0.141. The molecule has 0 radical (unpaired) electrons. The van der Waals surface area contributed by atoms with Gasteiger partial charge in [-0.15, -0.1) is 0 Å². The van der Waals surface area contributed by atoms with E-state index in [4.69, 9.17) is 9.47 Å². The van der Waals surface area contributed by atoms with Gasteiger partial charge in [0, 0.05) is 12.6 Å². The number of rotatable bonds is 8. The van der Waals surface area contributed by atoms with E-state index in [1.807, 2.05) is 31.2 Å². The van der Waals surface area contributed by atoms with Crippen LogP contribution in [0, 0.1) is 12.8 Å². The van der Waals surface area contributed by atoms with Crippen molar-refractivity contribution < 1.29 is 17.9 Å². The molecule has 2 atom stereocenters. The fourth-order valence-corrected chi connectivity index (χ4v) is 5.72. The van der Waals surface area contributed by atoms with E-state index in [0.717, 1.165) is 30.6 Å². The minimum atomic E-state index is -3.67. The SMILES string of the molecule is CCN1CCc2cc(OC)c(OC)cc2[C@@H]1[C@H](NS(=O)(=O)c1ccc(C)cc1)C(C)C. The average Bonchev–Trinajstić information content (AvgIpc) is 2.75. The normalized spacial score (nSPS) is 18.0. The van der Waals surface area contributed by atoms with Gasteiger partial charge in [-0.25, -0.2) is 13.1 Å². The molecule has 0 saturated heterocycles. The molecule has 7 heteroatoms. The summed E-state index contributed by atoms with van der Waals surface area (Å²) in [5.41, 5.74) is 3.29. The highest BCUT2D eigenvalue weighted by molar-refractivity contribution is 7.89. The van der Waals surface area contributed by atoms with E-state index < -0.39 is 10.0 Å². The lowest BCUT2D eigenvalue weighted by atomic mass is 9.84. The highest BCUT2D eigenvalue weighted by Gasteiger charge is 2.38. The third-order valence-corrected chi connectivity index (χ3v) is 7.59. The van der Waals surface area contributed by atoms with E-state index in [-0.39, 0.29) is 22.9 Å². The minimum absolute atomic E-state index is 0.0818. The van der Waals surface area contributed by atoms with Crippen molar-refractivity contribution in [1.29, 1.82) is 0 Å². The monoisotopic (exact) mass is 446 g/mol. The molecule has 1 N–H and O–H groups in total. The van der Waals surface area contributed by atoms with Crippen LogP contribution in [-0.2, 0) is 16.4 Å². The largest absolute Gasteiger partial charge is 0.493 e. The minimum Gasteiger partial charge on any atom is -0.493 e. The van der Waals surface area contributed by atoms with E-state index in [0.29, 0.717) is 11.5 Å². The van der Waals surface area contributed by atoms with Crippen LogP contribution in [0.4, 0.5) is 0 Å². The Morgan fingerprint density at radius 2 is 1.71 bits per heavy atom. The van der Waals surface area contributed by atoms with Gasteiger partial charge < -0.3 is 9.47 Å². The molecular weight excluding hydrogens is 412 g/mol. The first-order chi connectivity index (χ1) is 14.7. The number of hydrogen-bond acceptors (Lipinski definition) is 5. The zero-order valence-electron chi connectivity index (χ0n) is 19.3. The summed E-state index contributed by atoms with van der Waals surface area (Å²) >= 11 is 0. The summed E-state index contributed by atoms with van der Waals surface area (Å²) in [6.07, 6.45) is 0.884. The Hall–Kier alpha value is -2.09. The van der Waals surface area contributed by atoms with Gasteiger partial charge >= 0.3 is 0 Å². The van der Waals surface area contributed by atoms with Crippen molar-refractivity contribution in [3.8, 4) is 11.5 Å². The maximum absolute atomic E-state index is 13.3. The van der Waals surface area contributed by atoms with Gasteiger partial charge in [-0.3, -0.25) is 4.90 Å². The molecule has 31 heavy (non-hydrogen) atoms. The van der Waals surface area contributed by atoms with Crippen molar-refractivity contribution in [2.24, 2.45) is 5.92 Å². The number of nitrogens with one attached hydrogen (secondary N) is 1. The van der Waals surface area contributed by atoms with Gasteiger partial charge in [0.2, 0.25) is 10.0 Å². The Kier molecular flexibility index (Phi) is 7.29. The second kappa shape index (κ2) is 9.59. The lowest BCUT2D eigenvalue weighted by Crippen LogP contribution is -2.51. The molecule has 3 rings (SSSR count). The summed E-state index contributed by atoms with van der Waals surface area (Å²) in [5, 5.41) is 0. The molecule has 2 aromatic carbocycles. The lowest BCUT2D eigenvalue weighted by Gasteiger charge is -2.43. The van der Waals surface area contributed by atoms with Crippen molar-refractivity contribution in [2.75, 3.05) is 27.3 Å². The van der Waals surface area contributed by atoms with Gasteiger partial charge in [0.15, 0.2) is 11.5 Å². The predicted molar refractivity (Wildman–Crippen MR) is 123 cm³/mol. The number of benzene rings is 2. The van der Waals surface area contributed by atoms with Gasteiger partial charge in [0.25, 0.3) is 0 Å². The standard InChI is InChI=1S/C24H34N2O4S/c1-7-26-13-12-18-14-21(29-5)22(30-6)15-20(18)24(26)23(16(2)3)25-31(27,28)19-10-8-17(4)9-11-19/h8-11,14-16,23-25H,7,12-13H2,1-6H3/t23-,24-/m1/s1. The van der Waals surface area contributed by atoms with Crippen molar-refractivity contribution in [3.05, 3.63) is 53.1 Å². The maximum atomic E-state index is 13.3. The second-order valence-electron chi connectivity index (χ2n) is 8.43. The molecule has 6 nitrogen and oxygen atoms in total. The van der Waals surface area contributed by atoms with Crippen LogP contribution in [0.1, 0.15) is 43.5 Å². The van der Waals surface area contributed by atoms with Gasteiger partial charge in [-0.2, -0.15) is 0 Å². The fraction of sp³-hybridized carbons (Fsp3) is 0.500. The molecule has 0 unspecified atom stereocenters. The molecule has 0 amide bonds. The molecule has 0 spiro atoms. The van der Waals surface area contributed by atoms with Gasteiger partial charge in [0.1, 0.15) is 0 Å². The van der Waals surface area contributed by atoms with Crippen LogP contribution >= 0.6 is 0 Å². The number of likely N-dealkylation sites (N-methyl/N-ethyl adjacent to an activating group) is 1. The fourth-order valence-electron chi connectivity index (χ4n) is 4.33. The zero-order valence-corrected chi connectivity index (χ0v) is 20.1. The second-order valence-corrected chi connectivity index (χ2v) is 10.1. The van der Waals surface area contributed by atoms with E-state index in [1.54, 1.807) is 26.4 Å². The topological polar surface area (TPSA) is 67.9 Å². The average molecular weight is 447 g/mol. The maximum Gasteiger partial charge on any atom is 0.240 e. The third-order valence-electron chi connectivity index (χ3n) is 6.11. The molecule has 0 bridgehead atoms. The number of fused-ring (bicyclic) bond motifs is 1. The Morgan fingerprint density at radius 3 is 2.26 bits per heavy atom. The Morgan fingerprint density at radius 1 is 1.10 bits per heavy atom. The molecule has 0 aliphatic carbocycles. The highest BCUT2D eigenvalue weighted by atomic mass is 32.2. The summed E-state index contributed by atoms with van der Waals surface area (Å²) in [6.45, 7) is 9.87. The zero-order chi connectivity index (χ0) is 22.8. The van der Waals surface area contributed by atoms with Gasteiger partial charge in [-0.05, 0) is 61.2 Å². The summed E-state index contributed by atoms with van der Waals surface area (Å²) in [4.78, 5) is 2.63. The van der Waals surface area contributed by atoms with Crippen LogP contribution in [0.5, 0.6) is 11.5 Å². The van der Waals surface area contributed by atoms with Crippen LogP contribution < -0.4 is 14.2 Å². The number of methoxy groups -OCH3 is 2. The first-order valence-electron chi connectivity index (χ1n) is 10.8. The molecular formula is C24H34N2O4S. The van der Waals surface area contributed by atoms with Crippen molar-refractivity contribution >= 4 is 10.0 Å². The molecule has 0 saturated carbocycles. The van der Waals surface area contributed by atoms with E-state index in [9.17, 15) is 8.42 Å². The molecule has 1 aliphatic rings. The Labute approximate surface area is 186 Å². The van der Waals surface area contributed by atoms with Gasteiger partial charge in [-0.1, -0.05) is 38.5 Å². The van der Waals surface area contributed by atoms with Crippen LogP contribution in [-0.4, -0.2) is 46.7 Å². The molecule has 0 aromatic heterocycles.